The summed E-state index contributed by atoms with van der Waals surface area (Å²) < 4.78 is 24.4. The van der Waals surface area contributed by atoms with E-state index in [0.29, 0.717) is 18.9 Å². The van der Waals surface area contributed by atoms with Crippen molar-refractivity contribution >= 4 is 10.0 Å². The number of hydrogen-bond donors (Lipinski definition) is 0. The zero-order valence-corrected chi connectivity index (χ0v) is 9.89. The predicted octanol–water partition coefficient (Wildman–Crippen LogP) is 1.70. The molecule has 0 aliphatic rings. The van der Waals surface area contributed by atoms with Crippen molar-refractivity contribution in [3.05, 3.63) is 0 Å². The summed E-state index contributed by atoms with van der Waals surface area (Å²) in [6.07, 6.45) is 1.62. The highest BCUT2D eigenvalue weighted by Gasteiger charge is 2.15. The molecule has 0 fully saturated rings. The Morgan fingerprint density at radius 3 is 2.23 bits per heavy atom. The minimum absolute atomic E-state index is 0.265. The highest BCUT2D eigenvalue weighted by atomic mass is 32.2. The number of sulfonamides is 1. The van der Waals surface area contributed by atoms with Gasteiger partial charge in [-0.3, -0.25) is 0 Å². The maximum absolute atomic E-state index is 11.5. The van der Waals surface area contributed by atoms with E-state index >= 15 is 0 Å². The van der Waals surface area contributed by atoms with Crippen LogP contribution in [0.2, 0.25) is 0 Å². The van der Waals surface area contributed by atoms with Gasteiger partial charge >= 0.3 is 0 Å². The van der Waals surface area contributed by atoms with Gasteiger partial charge in [-0.15, -0.1) is 0 Å². The smallest absolute Gasteiger partial charge is 0.212 e. The lowest BCUT2D eigenvalue weighted by molar-refractivity contribution is 0.427. The summed E-state index contributed by atoms with van der Waals surface area (Å²) in [7, 11) is -1.31. The molecule has 0 saturated heterocycles. The van der Waals surface area contributed by atoms with Crippen molar-refractivity contribution in [3.8, 4) is 0 Å². The van der Waals surface area contributed by atoms with Crippen molar-refractivity contribution in [3.63, 3.8) is 0 Å². The third-order valence-corrected chi connectivity index (χ3v) is 4.01. The molecule has 0 atom stereocenters. The van der Waals surface area contributed by atoms with Gasteiger partial charge in [0.25, 0.3) is 0 Å². The Morgan fingerprint density at radius 1 is 1.31 bits per heavy atom. The zero-order valence-electron chi connectivity index (χ0n) is 9.08. The Labute approximate surface area is 82.2 Å². The van der Waals surface area contributed by atoms with Crippen LogP contribution in [0.4, 0.5) is 0 Å². The lowest BCUT2D eigenvalue weighted by Crippen LogP contribution is -2.30. The van der Waals surface area contributed by atoms with E-state index in [1.165, 1.54) is 4.31 Å². The first-order valence-electron chi connectivity index (χ1n) is 4.84. The molecule has 0 aromatic rings. The van der Waals surface area contributed by atoms with Crippen molar-refractivity contribution in [1.82, 2.24) is 4.31 Å². The van der Waals surface area contributed by atoms with Crippen molar-refractivity contribution < 1.29 is 8.42 Å². The quantitative estimate of drug-likeness (QED) is 0.665. The van der Waals surface area contributed by atoms with Crippen LogP contribution >= 0.6 is 0 Å². The summed E-state index contributed by atoms with van der Waals surface area (Å²) in [5.41, 5.74) is 0. The first-order chi connectivity index (χ1) is 5.90. The van der Waals surface area contributed by atoms with E-state index in [1.54, 1.807) is 7.05 Å². The van der Waals surface area contributed by atoms with Crippen molar-refractivity contribution in [2.45, 2.75) is 33.6 Å². The Kier molecular flexibility index (Phi) is 5.56. The second-order valence-corrected chi connectivity index (χ2v) is 6.02. The molecule has 13 heavy (non-hydrogen) atoms. The number of hydrogen-bond acceptors (Lipinski definition) is 2. The molecule has 0 amide bonds. The Bertz CT molecular complexity index is 222. The molecular weight excluding hydrogens is 186 g/mol. The van der Waals surface area contributed by atoms with Gasteiger partial charge in [0.15, 0.2) is 0 Å². The number of rotatable bonds is 6. The second kappa shape index (κ2) is 5.60. The Hall–Kier alpha value is -0.0900. The fourth-order valence-electron chi connectivity index (χ4n) is 0.993. The minimum Gasteiger partial charge on any atom is -0.212 e. The third kappa shape index (κ3) is 5.26. The summed E-state index contributed by atoms with van der Waals surface area (Å²) in [6.45, 7) is 6.72. The Balaban J connectivity index is 4.02. The van der Waals surface area contributed by atoms with E-state index < -0.39 is 10.0 Å². The molecule has 0 aromatic heterocycles. The van der Waals surface area contributed by atoms with Crippen LogP contribution in [0.5, 0.6) is 0 Å². The maximum Gasteiger partial charge on any atom is 0.213 e. The highest BCUT2D eigenvalue weighted by Crippen LogP contribution is 2.05. The van der Waals surface area contributed by atoms with Gasteiger partial charge in [-0.2, -0.15) is 0 Å². The molecule has 0 radical (unpaired) electrons. The molecule has 4 heteroatoms. The highest BCUT2D eigenvalue weighted by molar-refractivity contribution is 7.89. The molecule has 80 valence electrons. The van der Waals surface area contributed by atoms with Gasteiger partial charge in [0.05, 0.1) is 5.75 Å². The third-order valence-electron chi connectivity index (χ3n) is 1.96. The van der Waals surface area contributed by atoms with Crippen molar-refractivity contribution in [1.29, 1.82) is 0 Å². The van der Waals surface area contributed by atoms with Crippen LogP contribution in [0.15, 0.2) is 0 Å². The molecule has 0 aliphatic carbocycles. The largest absolute Gasteiger partial charge is 0.213 e. The molecule has 0 heterocycles. The summed E-state index contributed by atoms with van der Waals surface area (Å²) >= 11 is 0. The van der Waals surface area contributed by atoms with E-state index in [-0.39, 0.29) is 5.75 Å². The lowest BCUT2D eigenvalue weighted by atomic mass is 10.1. The van der Waals surface area contributed by atoms with Crippen LogP contribution in [0.1, 0.15) is 33.6 Å². The molecule has 0 saturated carbocycles. The summed E-state index contributed by atoms with van der Waals surface area (Å²) in [4.78, 5) is 0. The van der Waals surface area contributed by atoms with Crippen LogP contribution in [-0.2, 0) is 10.0 Å². The first kappa shape index (κ1) is 12.9. The predicted molar refractivity (Wildman–Crippen MR) is 56.2 cm³/mol. The summed E-state index contributed by atoms with van der Waals surface area (Å²) in [5, 5.41) is 0. The molecule has 0 rings (SSSR count). The van der Waals surface area contributed by atoms with Gasteiger partial charge in [-0.25, -0.2) is 12.7 Å². The van der Waals surface area contributed by atoms with Crippen LogP contribution in [-0.4, -0.2) is 32.1 Å². The van der Waals surface area contributed by atoms with Gasteiger partial charge in [0.2, 0.25) is 10.0 Å². The van der Waals surface area contributed by atoms with Crippen LogP contribution in [0.3, 0.4) is 0 Å². The SMILES string of the molecule is CCCS(=O)(=O)N(C)CCC(C)C. The topological polar surface area (TPSA) is 37.4 Å². The fraction of sp³-hybridized carbons (Fsp3) is 1.00. The van der Waals surface area contributed by atoms with Crippen LogP contribution in [0, 0.1) is 5.92 Å². The fourth-order valence-corrected chi connectivity index (χ4v) is 2.20. The van der Waals surface area contributed by atoms with Crippen LogP contribution < -0.4 is 0 Å². The molecule has 0 spiro atoms. The monoisotopic (exact) mass is 207 g/mol. The van der Waals surface area contributed by atoms with Crippen molar-refractivity contribution in [2.24, 2.45) is 5.92 Å². The Morgan fingerprint density at radius 2 is 1.85 bits per heavy atom. The van der Waals surface area contributed by atoms with Crippen LogP contribution in [0.25, 0.3) is 0 Å². The van der Waals surface area contributed by atoms with Gasteiger partial charge in [-0.05, 0) is 18.8 Å². The maximum atomic E-state index is 11.5. The number of nitrogens with zero attached hydrogens (tertiary/aromatic N) is 1. The van der Waals surface area contributed by atoms with Gasteiger partial charge in [0, 0.05) is 13.6 Å². The first-order valence-corrected chi connectivity index (χ1v) is 6.45. The van der Waals surface area contributed by atoms with Gasteiger partial charge in [0.1, 0.15) is 0 Å². The molecule has 0 N–H and O–H groups in total. The van der Waals surface area contributed by atoms with Gasteiger partial charge in [-0.1, -0.05) is 20.8 Å². The molecule has 0 unspecified atom stereocenters. The molecule has 0 aliphatic heterocycles. The van der Waals surface area contributed by atoms with E-state index in [0.717, 1.165) is 6.42 Å². The normalized spacial score (nSPS) is 12.8. The molecule has 3 nitrogen and oxygen atoms in total. The minimum atomic E-state index is -2.97. The van der Waals surface area contributed by atoms with Crippen molar-refractivity contribution in [2.75, 3.05) is 19.3 Å². The molecular formula is C9H21NO2S. The molecule has 0 aromatic carbocycles. The zero-order chi connectivity index (χ0) is 10.5. The molecule has 0 bridgehead atoms. The average Bonchev–Trinajstić information content (AvgIpc) is 1.99. The second-order valence-electron chi connectivity index (χ2n) is 3.82. The summed E-state index contributed by atoms with van der Waals surface area (Å²) in [5.74, 6) is 0.820. The lowest BCUT2D eigenvalue weighted by Gasteiger charge is -2.17. The van der Waals surface area contributed by atoms with Gasteiger partial charge < -0.3 is 0 Å². The van der Waals surface area contributed by atoms with E-state index in [9.17, 15) is 8.42 Å². The standard InChI is InChI=1S/C9H21NO2S/c1-5-8-13(11,12)10(4)7-6-9(2)3/h9H,5-8H2,1-4H3. The van der Waals surface area contributed by atoms with E-state index in [4.69, 9.17) is 0 Å². The summed E-state index contributed by atoms with van der Waals surface area (Å²) in [6, 6.07) is 0. The van der Waals surface area contributed by atoms with E-state index in [2.05, 4.69) is 13.8 Å². The van der Waals surface area contributed by atoms with E-state index in [1.807, 2.05) is 6.92 Å². The average molecular weight is 207 g/mol.